The van der Waals surface area contributed by atoms with Crippen LogP contribution >= 0.6 is 0 Å². The number of aryl methyl sites for hydroxylation is 2. The third-order valence-corrected chi connectivity index (χ3v) is 3.02. The van der Waals surface area contributed by atoms with Crippen LogP contribution < -0.4 is 5.32 Å². The molecule has 0 radical (unpaired) electrons. The molecule has 2 rings (SSSR count). The highest BCUT2D eigenvalue weighted by atomic mass is 16.5. The van der Waals surface area contributed by atoms with Gasteiger partial charge in [0, 0.05) is 6.54 Å². The summed E-state index contributed by atoms with van der Waals surface area (Å²) in [4.78, 5) is 0. The molecule has 0 amide bonds. The molecule has 2 nitrogen and oxygen atoms in total. The fraction of sp³-hybridized carbons (Fsp3) is 0.571. The van der Waals surface area contributed by atoms with Gasteiger partial charge in [-0.1, -0.05) is 29.3 Å². The smallest absolute Gasteiger partial charge is 0.0721 e. The first-order valence-electron chi connectivity index (χ1n) is 6.13. The Morgan fingerprint density at radius 1 is 1.25 bits per heavy atom. The van der Waals surface area contributed by atoms with E-state index in [0.29, 0.717) is 6.10 Å². The van der Waals surface area contributed by atoms with Gasteiger partial charge in [0.1, 0.15) is 0 Å². The van der Waals surface area contributed by atoms with Gasteiger partial charge in [-0.15, -0.1) is 0 Å². The van der Waals surface area contributed by atoms with Crippen molar-refractivity contribution in [3.8, 4) is 0 Å². The molecule has 1 saturated heterocycles. The van der Waals surface area contributed by atoms with Gasteiger partial charge in [-0.2, -0.15) is 0 Å². The minimum Gasteiger partial charge on any atom is -0.372 e. The molecular weight excluding hydrogens is 198 g/mol. The van der Waals surface area contributed by atoms with Crippen LogP contribution in [0, 0.1) is 13.8 Å². The lowest BCUT2D eigenvalue weighted by Crippen LogP contribution is -2.35. The van der Waals surface area contributed by atoms with Crippen LogP contribution in [0.2, 0.25) is 0 Å². The zero-order valence-electron chi connectivity index (χ0n) is 10.3. The Balaban J connectivity index is 1.88. The molecule has 0 aromatic heterocycles. The monoisotopic (exact) mass is 219 g/mol. The molecule has 1 aromatic rings. The van der Waals surface area contributed by atoms with E-state index < -0.39 is 0 Å². The second kappa shape index (κ2) is 5.46. The highest BCUT2D eigenvalue weighted by molar-refractivity contribution is 5.28. The van der Waals surface area contributed by atoms with Crippen LogP contribution in [0.25, 0.3) is 0 Å². The van der Waals surface area contributed by atoms with Gasteiger partial charge in [-0.3, -0.25) is 0 Å². The number of piperidine rings is 1. The largest absolute Gasteiger partial charge is 0.372 e. The summed E-state index contributed by atoms with van der Waals surface area (Å²) in [5.41, 5.74) is 3.93. The Morgan fingerprint density at radius 2 is 2.00 bits per heavy atom. The first-order chi connectivity index (χ1) is 7.74. The topological polar surface area (TPSA) is 21.3 Å². The number of benzene rings is 1. The van der Waals surface area contributed by atoms with Crippen molar-refractivity contribution in [3.05, 3.63) is 34.9 Å². The zero-order valence-corrected chi connectivity index (χ0v) is 10.3. The maximum absolute atomic E-state index is 5.92. The SMILES string of the molecule is Cc1cc(C)cc(CO[C@@H]2CCCNC2)c1. The van der Waals surface area contributed by atoms with Crippen molar-refractivity contribution in [2.24, 2.45) is 0 Å². The fourth-order valence-electron chi connectivity index (χ4n) is 2.33. The van der Waals surface area contributed by atoms with Gasteiger partial charge in [-0.25, -0.2) is 0 Å². The Bertz CT molecular complexity index is 322. The van der Waals surface area contributed by atoms with Gasteiger partial charge in [0.15, 0.2) is 0 Å². The van der Waals surface area contributed by atoms with Crippen molar-refractivity contribution >= 4 is 0 Å². The van der Waals surface area contributed by atoms with E-state index in [1.807, 2.05) is 0 Å². The molecular formula is C14H21NO. The first-order valence-corrected chi connectivity index (χ1v) is 6.13. The zero-order chi connectivity index (χ0) is 11.4. The lowest BCUT2D eigenvalue weighted by atomic mass is 10.1. The van der Waals surface area contributed by atoms with Crippen molar-refractivity contribution in [2.75, 3.05) is 13.1 Å². The van der Waals surface area contributed by atoms with Gasteiger partial charge in [-0.05, 0) is 38.8 Å². The van der Waals surface area contributed by atoms with E-state index in [1.165, 1.54) is 29.5 Å². The van der Waals surface area contributed by atoms with E-state index in [9.17, 15) is 0 Å². The number of hydrogen-bond donors (Lipinski definition) is 1. The Kier molecular flexibility index (Phi) is 3.97. The van der Waals surface area contributed by atoms with Crippen LogP contribution in [0.1, 0.15) is 29.5 Å². The Morgan fingerprint density at radius 3 is 2.62 bits per heavy atom. The second-order valence-corrected chi connectivity index (χ2v) is 4.78. The number of rotatable bonds is 3. The van der Waals surface area contributed by atoms with Crippen LogP contribution in [0.5, 0.6) is 0 Å². The molecule has 88 valence electrons. The van der Waals surface area contributed by atoms with Crippen molar-refractivity contribution in [2.45, 2.75) is 39.4 Å². The summed E-state index contributed by atoms with van der Waals surface area (Å²) in [6, 6.07) is 6.62. The molecule has 16 heavy (non-hydrogen) atoms. The molecule has 1 aromatic carbocycles. The molecule has 2 heteroatoms. The minimum absolute atomic E-state index is 0.398. The summed E-state index contributed by atoms with van der Waals surface area (Å²) in [7, 11) is 0. The maximum Gasteiger partial charge on any atom is 0.0721 e. The lowest BCUT2D eigenvalue weighted by Gasteiger charge is -2.23. The van der Waals surface area contributed by atoms with Gasteiger partial charge in [0.05, 0.1) is 12.7 Å². The van der Waals surface area contributed by atoms with E-state index in [2.05, 4.69) is 37.4 Å². The van der Waals surface area contributed by atoms with Gasteiger partial charge in [0.25, 0.3) is 0 Å². The lowest BCUT2D eigenvalue weighted by molar-refractivity contribution is 0.0252. The number of ether oxygens (including phenoxy) is 1. The summed E-state index contributed by atoms with van der Waals surface area (Å²) in [6.07, 6.45) is 2.82. The summed E-state index contributed by atoms with van der Waals surface area (Å²) in [6.45, 7) is 7.17. The average Bonchev–Trinajstić information content (AvgIpc) is 2.27. The van der Waals surface area contributed by atoms with Gasteiger partial charge >= 0.3 is 0 Å². The van der Waals surface area contributed by atoms with Crippen LogP contribution in [-0.2, 0) is 11.3 Å². The minimum atomic E-state index is 0.398. The first kappa shape index (κ1) is 11.6. The van der Waals surface area contributed by atoms with Crippen LogP contribution in [0.15, 0.2) is 18.2 Å². The third kappa shape index (κ3) is 3.32. The summed E-state index contributed by atoms with van der Waals surface area (Å²) >= 11 is 0. The molecule has 0 aliphatic carbocycles. The van der Waals surface area contributed by atoms with E-state index >= 15 is 0 Å². The van der Waals surface area contributed by atoms with E-state index in [-0.39, 0.29) is 0 Å². The number of nitrogens with one attached hydrogen (secondary N) is 1. The number of hydrogen-bond acceptors (Lipinski definition) is 2. The van der Waals surface area contributed by atoms with Crippen LogP contribution in [-0.4, -0.2) is 19.2 Å². The third-order valence-electron chi connectivity index (χ3n) is 3.02. The average molecular weight is 219 g/mol. The normalized spacial score (nSPS) is 21.0. The predicted molar refractivity (Wildman–Crippen MR) is 66.6 cm³/mol. The van der Waals surface area contributed by atoms with Crippen molar-refractivity contribution < 1.29 is 4.74 Å². The molecule has 0 saturated carbocycles. The molecule has 1 heterocycles. The highest BCUT2D eigenvalue weighted by Gasteiger charge is 2.12. The predicted octanol–water partition coefficient (Wildman–Crippen LogP) is 2.57. The van der Waals surface area contributed by atoms with Crippen LogP contribution in [0.3, 0.4) is 0 Å². The van der Waals surface area contributed by atoms with Crippen molar-refractivity contribution in [1.82, 2.24) is 5.32 Å². The summed E-state index contributed by atoms with van der Waals surface area (Å²) < 4.78 is 5.92. The van der Waals surface area contributed by atoms with Gasteiger partial charge < -0.3 is 10.1 Å². The maximum atomic E-state index is 5.92. The molecule has 0 bridgehead atoms. The Labute approximate surface area is 98.0 Å². The fourth-order valence-corrected chi connectivity index (χ4v) is 2.33. The quantitative estimate of drug-likeness (QED) is 0.843. The molecule has 0 unspecified atom stereocenters. The second-order valence-electron chi connectivity index (χ2n) is 4.78. The summed E-state index contributed by atoms with van der Waals surface area (Å²) in [5, 5.41) is 3.37. The van der Waals surface area contributed by atoms with Crippen molar-refractivity contribution in [1.29, 1.82) is 0 Å². The highest BCUT2D eigenvalue weighted by Crippen LogP contribution is 2.13. The summed E-state index contributed by atoms with van der Waals surface area (Å²) in [5.74, 6) is 0. The molecule has 1 aliphatic rings. The van der Waals surface area contributed by atoms with E-state index in [4.69, 9.17) is 4.74 Å². The van der Waals surface area contributed by atoms with E-state index in [1.54, 1.807) is 0 Å². The van der Waals surface area contributed by atoms with E-state index in [0.717, 1.165) is 19.7 Å². The molecule has 1 aliphatic heterocycles. The van der Waals surface area contributed by atoms with Gasteiger partial charge in [0.2, 0.25) is 0 Å². The van der Waals surface area contributed by atoms with Crippen LogP contribution in [0.4, 0.5) is 0 Å². The van der Waals surface area contributed by atoms with Crippen molar-refractivity contribution in [3.63, 3.8) is 0 Å². The molecule has 1 N–H and O–H groups in total. The molecule has 1 fully saturated rings. The molecule has 1 atom stereocenters. The standard InChI is InChI=1S/C14H21NO/c1-11-6-12(2)8-13(7-11)10-16-14-4-3-5-15-9-14/h6-8,14-15H,3-5,9-10H2,1-2H3/t14-/m1/s1. The molecule has 0 spiro atoms. The Hall–Kier alpha value is -0.860.